The third-order valence-corrected chi connectivity index (χ3v) is 11.1. The Morgan fingerprint density at radius 1 is 1.13 bits per heavy atom. The monoisotopic (exact) mass is 412 g/mol. The number of allylic oxidation sites excluding steroid dienone is 1. The van der Waals surface area contributed by atoms with Crippen LogP contribution < -0.4 is 0 Å². The Kier molecular flexibility index (Phi) is 4.30. The number of aliphatic hydroxyl groups is 1. The molecule has 2 saturated heterocycles. The number of hydrogen-bond donors (Lipinski definition) is 1. The van der Waals surface area contributed by atoms with Gasteiger partial charge in [-0.3, -0.25) is 0 Å². The Morgan fingerprint density at radius 2 is 1.97 bits per heavy atom. The van der Waals surface area contributed by atoms with E-state index in [-0.39, 0.29) is 11.9 Å². The molecule has 2 aliphatic heterocycles. The predicted molar refractivity (Wildman–Crippen MR) is 118 cm³/mol. The molecule has 2 heterocycles. The van der Waals surface area contributed by atoms with Crippen LogP contribution in [-0.4, -0.2) is 29.7 Å². The summed E-state index contributed by atoms with van der Waals surface area (Å²) in [6.07, 6.45) is 13.0. The van der Waals surface area contributed by atoms with Crippen LogP contribution in [0.4, 0.5) is 0 Å². The van der Waals surface area contributed by atoms with Gasteiger partial charge in [0, 0.05) is 12.3 Å². The fraction of sp³-hybridized carbons (Fsp3) is 0.852. The lowest BCUT2D eigenvalue weighted by Gasteiger charge is -2.58. The second-order valence-electron chi connectivity index (χ2n) is 12.3. The zero-order chi connectivity index (χ0) is 20.9. The Bertz CT molecular complexity index is 775. The molecule has 0 aromatic heterocycles. The van der Waals surface area contributed by atoms with Gasteiger partial charge >= 0.3 is 0 Å². The Balaban J connectivity index is 1.29. The molecule has 3 nitrogen and oxygen atoms in total. The van der Waals surface area contributed by atoms with Crippen LogP contribution >= 0.6 is 0 Å². The van der Waals surface area contributed by atoms with Crippen LogP contribution in [0.15, 0.2) is 23.8 Å². The maximum absolute atomic E-state index is 10.3. The summed E-state index contributed by atoms with van der Waals surface area (Å²) in [6, 6.07) is 0. The Hall–Kier alpha value is -0.640. The second-order valence-corrected chi connectivity index (χ2v) is 12.3. The Labute approximate surface area is 182 Å². The van der Waals surface area contributed by atoms with Crippen LogP contribution in [0.5, 0.6) is 0 Å². The first-order valence-corrected chi connectivity index (χ1v) is 12.6. The van der Waals surface area contributed by atoms with Crippen LogP contribution in [0.25, 0.3) is 0 Å². The van der Waals surface area contributed by atoms with E-state index in [1.54, 1.807) is 5.57 Å². The highest BCUT2D eigenvalue weighted by Gasteiger charge is 2.68. The van der Waals surface area contributed by atoms with Gasteiger partial charge in [0.1, 0.15) is 0 Å². The summed E-state index contributed by atoms with van der Waals surface area (Å²) >= 11 is 0. The van der Waals surface area contributed by atoms with E-state index >= 15 is 0 Å². The minimum Gasteiger partial charge on any atom is -0.393 e. The van der Waals surface area contributed by atoms with E-state index in [1.165, 1.54) is 37.7 Å². The van der Waals surface area contributed by atoms with Crippen LogP contribution in [0.1, 0.15) is 78.6 Å². The van der Waals surface area contributed by atoms with Gasteiger partial charge in [0.2, 0.25) is 0 Å². The van der Waals surface area contributed by atoms with Crippen LogP contribution in [-0.2, 0) is 9.47 Å². The quantitative estimate of drug-likeness (QED) is 0.524. The molecule has 6 rings (SSSR count). The van der Waals surface area contributed by atoms with E-state index < -0.39 is 0 Å². The smallest absolute Gasteiger partial charge is 0.172 e. The fourth-order valence-corrected chi connectivity index (χ4v) is 9.49. The van der Waals surface area contributed by atoms with E-state index in [1.807, 2.05) is 0 Å². The zero-order valence-corrected chi connectivity index (χ0v) is 19.2. The summed E-state index contributed by atoms with van der Waals surface area (Å²) in [6.45, 7) is 12.4. The first kappa shape index (κ1) is 20.0. The maximum Gasteiger partial charge on any atom is 0.172 e. The van der Waals surface area contributed by atoms with Crippen molar-refractivity contribution in [3.05, 3.63) is 23.8 Å². The summed E-state index contributed by atoms with van der Waals surface area (Å²) in [5.74, 6) is 3.09. The number of fused-ring (bicyclic) bond motifs is 7. The lowest BCUT2D eigenvalue weighted by molar-refractivity contribution is -0.255. The molecular formula is C27H40O3. The summed E-state index contributed by atoms with van der Waals surface area (Å²) in [4.78, 5) is 0. The van der Waals surface area contributed by atoms with E-state index in [0.717, 1.165) is 43.4 Å². The molecule has 3 saturated carbocycles. The molecule has 0 radical (unpaired) electrons. The van der Waals surface area contributed by atoms with E-state index in [0.29, 0.717) is 35.4 Å². The maximum atomic E-state index is 10.3. The van der Waals surface area contributed by atoms with Gasteiger partial charge in [-0.1, -0.05) is 44.6 Å². The normalized spacial score (nSPS) is 57.4. The first-order valence-electron chi connectivity index (χ1n) is 12.6. The lowest BCUT2D eigenvalue weighted by atomic mass is 9.47. The lowest BCUT2D eigenvalue weighted by Crippen LogP contribution is -2.52. The number of ether oxygens (including phenoxy) is 2. The molecule has 166 valence electrons. The number of hydrogen-bond acceptors (Lipinski definition) is 3. The van der Waals surface area contributed by atoms with Crippen molar-refractivity contribution in [3.63, 3.8) is 0 Å². The van der Waals surface area contributed by atoms with Gasteiger partial charge < -0.3 is 14.6 Å². The molecule has 30 heavy (non-hydrogen) atoms. The van der Waals surface area contributed by atoms with Gasteiger partial charge in [-0.15, -0.1) is 0 Å². The molecule has 1 N–H and O–H groups in total. The average molecular weight is 413 g/mol. The standard InChI is InChI=1S/C27H40O3/c1-16-7-12-27(29-15-16)17(2)24-23(30-27)14-22-20-6-5-18-13-19(28)8-10-25(18,3)21(20)9-11-26(22,24)4/h5,17,19-24,28H,1,6-15H2,2-4H3/t17-,19-,20+,21+,22+,23-,24-,25-,26-,27+/m0/s1. The molecule has 10 atom stereocenters. The van der Waals surface area contributed by atoms with Crippen LogP contribution in [0, 0.1) is 40.4 Å². The molecule has 0 aromatic carbocycles. The van der Waals surface area contributed by atoms with Crippen molar-refractivity contribution in [1.82, 2.24) is 0 Å². The second kappa shape index (κ2) is 6.45. The van der Waals surface area contributed by atoms with Crippen molar-refractivity contribution in [2.75, 3.05) is 6.61 Å². The Morgan fingerprint density at radius 3 is 2.73 bits per heavy atom. The molecule has 0 unspecified atom stereocenters. The van der Waals surface area contributed by atoms with E-state index in [9.17, 15) is 5.11 Å². The number of rotatable bonds is 0. The average Bonchev–Trinajstić information content (AvgIpc) is 3.16. The largest absolute Gasteiger partial charge is 0.393 e. The SMILES string of the molecule is C=C1CC[C@@]2(OC1)O[C@H]1C[C@@H]3[C@@H]4CC=C5C[C@@H](O)CC[C@]5(C)[C@@H]4CC[C@]3(C)[C@H]1[C@@H]2C. The van der Waals surface area contributed by atoms with Crippen molar-refractivity contribution in [1.29, 1.82) is 0 Å². The molecule has 5 fully saturated rings. The summed E-state index contributed by atoms with van der Waals surface area (Å²) in [7, 11) is 0. The molecule has 6 aliphatic rings. The minimum absolute atomic E-state index is 0.113. The predicted octanol–water partition coefficient (Wildman–Crippen LogP) is 5.63. The van der Waals surface area contributed by atoms with Crippen molar-refractivity contribution in [3.8, 4) is 0 Å². The summed E-state index contributed by atoms with van der Waals surface area (Å²) in [5.41, 5.74) is 3.49. The van der Waals surface area contributed by atoms with Crippen molar-refractivity contribution in [2.45, 2.75) is 96.6 Å². The molecule has 1 spiro atoms. The number of aliphatic hydroxyl groups excluding tert-OH is 1. The summed E-state index contributed by atoms with van der Waals surface area (Å²) < 4.78 is 13.2. The van der Waals surface area contributed by atoms with Gasteiger partial charge in [0.15, 0.2) is 5.79 Å². The first-order chi connectivity index (χ1) is 14.3. The molecule has 3 heteroatoms. The fourth-order valence-electron chi connectivity index (χ4n) is 9.49. The molecule has 4 aliphatic carbocycles. The highest BCUT2D eigenvalue weighted by molar-refractivity contribution is 5.26. The molecule has 0 amide bonds. The van der Waals surface area contributed by atoms with Gasteiger partial charge in [-0.05, 0) is 85.9 Å². The van der Waals surface area contributed by atoms with Crippen molar-refractivity contribution >= 4 is 0 Å². The van der Waals surface area contributed by atoms with Gasteiger partial charge in [0.25, 0.3) is 0 Å². The van der Waals surface area contributed by atoms with Crippen LogP contribution in [0.3, 0.4) is 0 Å². The highest BCUT2D eigenvalue weighted by atomic mass is 16.7. The molecule has 0 bridgehead atoms. The molecular weight excluding hydrogens is 372 g/mol. The topological polar surface area (TPSA) is 38.7 Å². The highest BCUT2D eigenvalue weighted by Crippen LogP contribution is 2.70. The van der Waals surface area contributed by atoms with Crippen LogP contribution in [0.2, 0.25) is 0 Å². The van der Waals surface area contributed by atoms with E-state index in [4.69, 9.17) is 9.47 Å². The van der Waals surface area contributed by atoms with E-state index in [2.05, 4.69) is 33.4 Å². The molecule has 0 aromatic rings. The van der Waals surface area contributed by atoms with Crippen molar-refractivity contribution < 1.29 is 14.6 Å². The van der Waals surface area contributed by atoms with Crippen molar-refractivity contribution in [2.24, 2.45) is 40.4 Å². The minimum atomic E-state index is -0.355. The van der Waals surface area contributed by atoms with Gasteiger partial charge in [0.05, 0.1) is 18.8 Å². The van der Waals surface area contributed by atoms with Gasteiger partial charge in [-0.25, -0.2) is 0 Å². The third kappa shape index (κ3) is 2.49. The van der Waals surface area contributed by atoms with Gasteiger partial charge in [-0.2, -0.15) is 0 Å². The summed E-state index contributed by atoms with van der Waals surface area (Å²) in [5, 5.41) is 10.3. The zero-order valence-electron chi connectivity index (χ0n) is 19.2. The third-order valence-electron chi connectivity index (χ3n) is 11.1.